The summed E-state index contributed by atoms with van der Waals surface area (Å²) >= 11 is 0. The Balaban J connectivity index is 1.61. The number of amides is 1. The third kappa shape index (κ3) is 3.23. The number of halogens is 2. The highest BCUT2D eigenvalue weighted by Crippen LogP contribution is 2.49. The van der Waals surface area contributed by atoms with Gasteiger partial charge in [0.1, 0.15) is 5.75 Å². The molecule has 1 aromatic carbocycles. The summed E-state index contributed by atoms with van der Waals surface area (Å²) in [5.74, 6) is 1.89. The van der Waals surface area contributed by atoms with E-state index < -0.39 is 6.61 Å². The molecule has 1 amide bonds. The molecular formula is C17H21F2NO2. The van der Waals surface area contributed by atoms with E-state index in [2.05, 4.69) is 10.1 Å². The van der Waals surface area contributed by atoms with Crippen LogP contribution in [0.2, 0.25) is 0 Å². The van der Waals surface area contributed by atoms with Crippen LogP contribution < -0.4 is 10.1 Å². The van der Waals surface area contributed by atoms with E-state index in [0.717, 1.165) is 11.8 Å². The van der Waals surface area contributed by atoms with Crippen LogP contribution in [0.1, 0.15) is 43.0 Å². The van der Waals surface area contributed by atoms with E-state index in [-0.39, 0.29) is 17.7 Å². The largest absolute Gasteiger partial charge is 0.435 e. The molecule has 5 heteroatoms. The molecule has 2 aliphatic rings. The van der Waals surface area contributed by atoms with Crippen LogP contribution in [-0.4, -0.2) is 18.6 Å². The minimum atomic E-state index is -2.88. The highest BCUT2D eigenvalue weighted by atomic mass is 19.3. The third-order valence-electron chi connectivity index (χ3n) is 5.12. The Bertz CT molecular complexity index is 549. The topological polar surface area (TPSA) is 38.3 Å². The molecule has 3 rings (SSSR count). The highest BCUT2D eigenvalue weighted by molar-refractivity contribution is 5.94. The lowest BCUT2D eigenvalue weighted by molar-refractivity contribution is -0.0498. The van der Waals surface area contributed by atoms with Crippen LogP contribution in [0, 0.1) is 17.8 Å². The number of nitrogens with one attached hydrogen (secondary N) is 1. The molecule has 4 unspecified atom stereocenters. The number of alkyl halides is 2. The molecule has 0 saturated heterocycles. The summed E-state index contributed by atoms with van der Waals surface area (Å²) in [7, 11) is 0. The van der Waals surface area contributed by atoms with Crippen LogP contribution in [0.15, 0.2) is 24.3 Å². The Morgan fingerprint density at radius 3 is 2.77 bits per heavy atom. The summed E-state index contributed by atoms with van der Waals surface area (Å²) in [6, 6.07) is 6.05. The minimum absolute atomic E-state index is 0.00947. The van der Waals surface area contributed by atoms with Gasteiger partial charge in [-0.15, -0.1) is 0 Å². The number of rotatable bonds is 5. The number of hydrogen-bond donors (Lipinski definition) is 1. The van der Waals surface area contributed by atoms with Crippen LogP contribution in [0.5, 0.6) is 5.75 Å². The first-order chi connectivity index (χ1) is 10.5. The SMILES string of the molecule is CC(NC(=O)c1cccc(OC(F)F)c1)C1CC2CCC1C2. The average Bonchev–Trinajstić information content (AvgIpc) is 3.09. The smallest absolute Gasteiger partial charge is 0.387 e. The molecule has 1 N–H and O–H groups in total. The fraction of sp³-hybridized carbons (Fsp3) is 0.588. The van der Waals surface area contributed by atoms with Crippen molar-refractivity contribution >= 4 is 5.91 Å². The first-order valence-corrected chi connectivity index (χ1v) is 7.88. The van der Waals surface area contributed by atoms with E-state index in [4.69, 9.17) is 0 Å². The second kappa shape index (κ2) is 6.23. The van der Waals surface area contributed by atoms with Crippen molar-refractivity contribution in [2.45, 2.75) is 45.3 Å². The van der Waals surface area contributed by atoms with E-state index in [9.17, 15) is 13.6 Å². The summed E-state index contributed by atoms with van der Waals surface area (Å²) in [4.78, 5) is 12.3. The monoisotopic (exact) mass is 309 g/mol. The Morgan fingerprint density at radius 2 is 2.14 bits per heavy atom. The molecule has 1 aromatic rings. The molecule has 2 fully saturated rings. The van der Waals surface area contributed by atoms with Gasteiger partial charge in [-0.1, -0.05) is 12.5 Å². The maximum absolute atomic E-state index is 12.3. The fourth-order valence-electron chi connectivity index (χ4n) is 4.12. The normalized spacial score (nSPS) is 27.9. The van der Waals surface area contributed by atoms with Crippen molar-refractivity contribution < 1.29 is 18.3 Å². The van der Waals surface area contributed by atoms with E-state index >= 15 is 0 Å². The van der Waals surface area contributed by atoms with Crippen LogP contribution >= 0.6 is 0 Å². The molecule has 0 heterocycles. The van der Waals surface area contributed by atoms with Gasteiger partial charge in [0.15, 0.2) is 0 Å². The molecule has 0 spiro atoms. The van der Waals surface area contributed by atoms with E-state index in [1.165, 1.54) is 37.8 Å². The predicted molar refractivity (Wildman–Crippen MR) is 78.9 cm³/mol. The molecule has 2 saturated carbocycles. The van der Waals surface area contributed by atoms with Gasteiger partial charge < -0.3 is 10.1 Å². The number of carbonyl (C=O) groups is 1. The standard InChI is InChI=1S/C17H21F2NO2/c1-10(15-8-11-5-6-12(15)7-11)20-16(21)13-3-2-4-14(9-13)22-17(18)19/h2-4,9-12,15,17H,5-8H2,1H3,(H,20,21). The number of carbonyl (C=O) groups excluding carboxylic acids is 1. The van der Waals surface area contributed by atoms with Gasteiger partial charge in [-0.25, -0.2) is 0 Å². The lowest BCUT2D eigenvalue weighted by Gasteiger charge is -2.28. The van der Waals surface area contributed by atoms with Crippen molar-refractivity contribution in [3.8, 4) is 5.75 Å². The van der Waals surface area contributed by atoms with Crippen molar-refractivity contribution in [2.24, 2.45) is 17.8 Å². The molecular weight excluding hydrogens is 288 g/mol. The van der Waals surface area contributed by atoms with Crippen molar-refractivity contribution in [3.63, 3.8) is 0 Å². The molecule has 0 aromatic heterocycles. The zero-order valence-corrected chi connectivity index (χ0v) is 12.6. The lowest BCUT2D eigenvalue weighted by atomic mass is 9.84. The summed E-state index contributed by atoms with van der Waals surface area (Å²) in [5.41, 5.74) is 0.355. The van der Waals surface area contributed by atoms with E-state index in [0.29, 0.717) is 11.5 Å². The number of hydrogen-bond acceptors (Lipinski definition) is 2. The van der Waals surface area contributed by atoms with Crippen molar-refractivity contribution in [1.82, 2.24) is 5.32 Å². The van der Waals surface area contributed by atoms with Crippen molar-refractivity contribution in [3.05, 3.63) is 29.8 Å². The molecule has 2 bridgehead atoms. The fourth-order valence-corrected chi connectivity index (χ4v) is 4.12. The van der Waals surface area contributed by atoms with E-state index in [1.54, 1.807) is 12.1 Å². The highest BCUT2D eigenvalue weighted by Gasteiger charge is 2.42. The quantitative estimate of drug-likeness (QED) is 0.897. The van der Waals surface area contributed by atoms with Crippen LogP contribution in [0.3, 0.4) is 0 Å². The molecule has 3 nitrogen and oxygen atoms in total. The first-order valence-electron chi connectivity index (χ1n) is 7.88. The van der Waals surface area contributed by atoms with Gasteiger partial charge in [0.2, 0.25) is 0 Å². The number of fused-ring (bicyclic) bond motifs is 2. The van der Waals surface area contributed by atoms with Crippen LogP contribution in [0.25, 0.3) is 0 Å². The van der Waals surface area contributed by atoms with Gasteiger partial charge >= 0.3 is 6.61 Å². The summed E-state index contributed by atoms with van der Waals surface area (Å²) < 4.78 is 28.8. The molecule has 0 aliphatic heterocycles. The molecule has 2 aliphatic carbocycles. The Labute approximate surface area is 129 Å². The Kier molecular flexibility index (Phi) is 4.32. The summed E-state index contributed by atoms with van der Waals surface area (Å²) in [6.07, 6.45) is 5.09. The van der Waals surface area contributed by atoms with Gasteiger partial charge in [0, 0.05) is 11.6 Å². The van der Waals surface area contributed by atoms with Crippen LogP contribution in [0.4, 0.5) is 8.78 Å². The zero-order chi connectivity index (χ0) is 15.7. The summed E-state index contributed by atoms with van der Waals surface area (Å²) in [6.45, 7) is -0.839. The second-order valence-corrected chi connectivity index (χ2v) is 6.51. The summed E-state index contributed by atoms with van der Waals surface area (Å²) in [5, 5.41) is 3.02. The van der Waals surface area contributed by atoms with Crippen LogP contribution in [-0.2, 0) is 0 Å². The molecule has 22 heavy (non-hydrogen) atoms. The molecule has 120 valence electrons. The zero-order valence-electron chi connectivity index (χ0n) is 12.6. The van der Waals surface area contributed by atoms with Gasteiger partial charge in [0.25, 0.3) is 5.91 Å². The van der Waals surface area contributed by atoms with Gasteiger partial charge in [0.05, 0.1) is 0 Å². The Morgan fingerprint density at radius 1 is 1.32 bits per heavy atom. The van der Waals surface area contributed by atoms with Gasteiger partial charge in [-0.05, 0) is 62.1 Å². The Hall–Kier alpha value is -1.65. The number of benzene rings is 1. The number of ether oxygens (including phenoxy) is 1. The molecule has 0 radical (unpaired) electrons. The minimum Gasteiger partial charge on any atom is -0.435 e. The predicted octanol–water partition coefficient (Wildman–Crippen LogP) is 3.84. The average molecular weight is 309 g/mol. The third-order valence-corrected chi connectivity index (χ3v) is 5.12. The maximum Gasteiger partial charge on any atom is 0.387 e. The van der Waals surface area contributed by atoms with Gasteiger partial charge in [-0.3, -0.25) is 4.79 Å². The second-order valence-electron chi connectivity index (χ2n) is 6.51. The van der Waals surface area contributed by atoms with E-state index in [1.807, 2.05) is 6.92 Å². The molecule has 4 atom stereocenters. The lowest BCUT2D eigenvalue weighted by Crippen LogP contribution is -2.40. The van der Waals surface area contributed by atoms with Gasteiger partial charge in [-0.2, -0.15) is 8.78 Å². The first kappa shape index (κ1) is 15.3. The maximum atomic E-state index is 12.3. The van der Waals surface area contributed by atoms with Crippen molar-refractivity contribution in [1.29, 1.82) is 0 Å². The van der Waals surface area contributed by atoms with Crippen molar-refractivity contribution in [2.75, 3.05) is 0 Å².